The SMILES string of the molecule is Cc1cc(C(N)c2ccccc2C)cc([N+](=O)[O-])c1. The minimum absolute atomic E-state index is 0.0824. The molecule has 0 aliphatic rings. The van der Waals surface area contributed by atoms with Crippen LogP contribution in [-0.2, 0) is 0 Å². The second kappa shape index (κ2) is 5.20. The number of hydrogen-bond donors (Lipinski definition) is 1. The average molecular weight is 256 g/mol. The quantitative estimate of drug-likeness (QED) is 0.677. The number of aryl methyl sites for hydroxylation is 2. The van der Waals surface area contributed by atoms with Crippen molar-refractivity contribution in [2.75, 3.05) is 0 Å². The largest absolute Gasteiger partial charge is 0.320 e. The summed E-state index contributed by atoms with van der Waals surface area (Å²) in [6.45, 7) is 3.82. The highest BCUT2D eigenvalue weighted by Gasteiger charge is 2.15. The minimum atomic E-state index is -0.388. The Kier molecular flexibility index (Phi) is 3.62. The maximum atomic E-state index is 10.9. The normalized spacial score (nSPS) is 12.2. The Hall–Kier alpha value is -2.20. The summed E-state index contributed by atoms with van der Waals surface area (Å²) in [6.07, 6.45) is 0. The molecule has 0 spiro atoms. The first-order valence-electron chi connectivity index (χ1n) is 6.06. The molecule has 0 amide bonds. The van der Waals surface area contributed by atoms with Crippen LogP contribution >= 0.6 is 0 Å². The van der Waals surface area contributed by atoms with Gasteiger partial charge >= 0.3 is 0 Å². The van der Waals surface area contributed by atoms with E-state index in [0.717, 1.165) is 22.3 Å². The Balaban J connectivity index is 2.47. The average Bonchev–Trinajstić information content (AvgIpc) is 2.37. The zero-order valence-electron chi connectivity index (χ0n) is 11.0. The van der Waals surface area contributed by atoms with Gasteiger partial charge in [0.15, 0.2) is 0 Å². The Morgan fingerprint density at radius 2 is 1.84 bits per heavy atom. The van der Waals surface area contributed by atoms with Gasteiger partial charge in [-0.2, -0.15) is 0 Å². The summed E-state index contributed by atoms with van der Waals surface area (Å²) in [6, 6.07) is 12.5. The van der Waals surface area contributed by atoms with Gasteiger partial charge in [-0.1, -0.05) is 30.3 Å². The molecule has 0 saturated heterocycles. The summed E-state index contributed by atoms with van der Waals surface area (Å²) in [5, 5.41) is 10.9. The van der Waals surface area contributed by atoms with Crippen molar-refractivity contribution in [1.29, 1.82) is 0 Å². The van der Waals surface area contributed by atoms with Crippen LogP contribution in [0.5, 0.6) is 0 Å². The van der Waals surface area contributed by atoms with E-state index < -0.39 is 0 Å². The number of non-ortho nitro benzene ring substituents is 1. The molecule has 0 fully saturated rings. The summed E-state index contributed by atoms with van der Waals surface area (Å²) in [7, 11) is 0. The van der Waals surface area contributed by atoms with E-state index in [2.05, 4.69) is 0 Å². The molecular weight excluding hydrogens is 240 g/mol. The molecule has 1 unspecified atom stereocenters. The van der Waals surface area contributed by atoms with Gasteiger partial charge < -0.3 is 5.73 Å². The van der Waals surface area contributed by atoms with Crippen molar-refractivity contribution < 1.29 is 4.92 Å². The standard InChI is InChI=1S/C15H16N2O2/c1-10-7-12(9-13(8-10)17(18)19)15(16)14-6-4-3-5-11(14)2/h3-9,15H,16H2,1-2H3. The van der Waals surface area contributed by atoms with Crippen molar-refractivity contribution in [3.63, 3.8) is 0 Å². The third kappa shape index (κ3) is 2.80. The lowest BCUT2D eigenvalue weighted by Gasteiger charge is -2.15. The number of hydrogen-bond acceptors (Lipinski definition) is 3. The second-order valence-electron chi connectivity index (χ2n) is 4.69. The highest BCUT2D eigenvalue weighted by Crippen LogP contribution is 2.26. The van der Waals surface area contributed by atoms with Gasteiger partial charge in [0.25, 0.3) is 5.69 Å². The molecule has 2 aromatic rings. The molecule has 2 rings (SSSR count). The highest BCUT2D eigenvalue weighted by atomic mass is 16.6. The first kappa shape index (κ1) is 13.2. The number of benzene rings is 2. The lowest BCUT2D eigenvalue weighted by atomic mass is 9.94. The van der Waals surface area contributed by atoms with E-state index in [1.165, 1.54) is 0 Å². The number of nitrogens with zero attached hydrogens (tertiary/aromatic N) is 1. The molecule has 4 nitrogen and oxygen atoms in total. The molecule has 0 bridgehead atoms. The van der Waals surface area contributed by atoms with Gasteiger partial charge in [-0.05, 0) is 36.1 Å². The van der Waals surface area contributed by atoms with Gasteiger partial charge in [-0.15, -0.1) is 0 Å². The van der Waals surface area contributed by atoms with Crippen molar-refractivity contribution >= 4 is 5.69 Å². The van der Waals surface area contributed by atoms with Crippen LogP contribution in [0.3, 0.4) is 0 Å². The van der Waals surface area contributed by atoms with Crippen LogP contribution < -0.4 is 5.73 Å². The van der Waals surface area contributed by atoms with Crippen LogP contribution in [0.1, 0.15) is 28.3 Å². The van der Waals surface area contributed by atoms with Crippen molar-refractivity contribution in [3.05, 3.63) is 74.8 Å². The van der Waals surface area contributed by atoms with Gasteiger partial charge in [0.2, 0.25) is 0 Å². The van der Waals surface area contributed by atoms with Gasteiger partial charge in [-0.25, -0.2) is 0 Å². The Morgan fingerprint density at radius 3 is 2.47 bits per heavy atom. The Bertz CT molecular complexity index is 623. The molecule has 0 radical (unpaired) electrons. The third-order valence-electron chi connectivity index (χ3n) is 3.18. The van der Waals surface area contributed by atoms with Gasteiger partial charge in [-0.3, -0.25) is 10.1 Å². The maximum Gasteiger partial charge on any atom is 0.270 e. The van der Waals surface area contributed by atoms with Crippen molar-refractivity contribution in [2.24, 2.45) is 5.73 Å². The lowest BCUT2D eigenvalue weighted by Crippen LogP contribution is -2.13. The molecule has 0 heterocycles. The maximum absolute atomic E-state index is 10.9. The molecule has 0 aliphatic carbocycles. The molecule has 0 aromatic heterocycles. The van der Waals surface area contributed by atoms with E-state index >= 15 is 0 Å². The van der Waals surface area contributed by atoms with E-state index in [0.29, 0.717) is 0 Å². The number of nitro benzene ring substituents is 1. The van der Waals surface area contributed by atoms with E-state index in [4.69, 9.17) is 5.73 Å². The van der Waals surface area contributed by atoms with Gasteiger partial charge in [0, 0.05) is 12.1 Å². The summed E-state index contributed by atoms with van der Waals surface area (Å²) in [5.74, 6) is 0. The summed E-state index contributed by atoms with van der Waals surface area (Å²) >= 11 is 0. The third-order valence-corrected chi connectivity index (χ3v) is 3.18. The van der Waals surface area contributed by atoms with Crippen LogP contribution in [0.4, 0.5) is 5.69 Å². The topological polar surface area (TPSA) is 69.2 Å². The van der Waals surface area contributed by atoms with E-state index in [-0.39, 0.29) is 16.7 Å². The second-order valence-corrected chi connectivity index (χ2v) is 4.69. The van der Waals surface area contributed by atoms with Crippen LogP contribution in [0, 0.1) is 24.0 Å². The molecule has 4 heteroatoms. The van der Waals surface area contributed by atoms with Crippen molar-refractivity contribution in [3.8, 4) is 0 Å². The first-order chi connectivity index (χ1) is 8.99. The zero-order valence-corrected chi connectivity index (χ0v) is 11.0. The smallest absolute Gasteiger partial charge is 0.270 e. The van der Waals surface area contributed by atoms with E-state index in [1.54, 1.807) is 12.1 Å². The summed E-state index contributed by atoms with van der Waals surface area (Å²) in [4.78, 5) is 10.5. The molecule has 98 valence electrons. The number of nitrogens with two attached hydrogens (primary N) is 1. The van der Waals surface area contributed by atoms with Crippen molar-refractivity contribution in [2.45, 2.75) is 19.9 Å². The number of nitro groups is 1. The molecule has 2 N–H and O–H groups in total. The fourth-order valence-corrected chi connectivity index (χ4v) is 2.19. The summed E-state index contributed by atoms with van der Waals surface area (Å²) < 4.78 is 0. The molecule has 0 aliphatic heterocycles. The fourth-order valence-electron chi connectivity index (χ4n) is 2.19. The Labute approximate surface area is 112 Å². The summed E-state index contributed by atoms with van der Waals surface area (Å²) in [5.41, 5.74) is 9.99. The lowest BCUT2D eigenvalue weighted by molar-refractivity contribution is -0.385. The monoisotopic (exact) mass is 256 g/mol. The molecule has 1 atom stereocenters. The zero-order chi connectivity index (χ0) is 14.0. The van der Waals surface area contributed by atoms with Crippen LogP contribution in [0.2, 0.25) is 0 Å². The highest BCUT2D eigenvalue weighted by molar-refractivity contribution is 5.44. The predicted octanol–water partition coefficient (Wildman–Crippen LogP) is 3.26. The van der Waals surface area contributed by atoms with Crippen LogP contribution in [0.15, 0.2) is 42.5 Å². The van der Waals surface area contributed by atoms with Crippen LogP contribution in [0.25, 0.3) is 0 Å². The molecule has 19 heavy (non-hydrogen) atoms. The van der Waals surface area contributed by atoms with Gasteiger partial charge in [0.1, 0.15) is 0 Å². The first-order valence-corrected chi connectivity index (χ1v) is 6.06. The van der Waals surface area contributed by atoms with E-state index in [1.807, 2.05) is 44.2 Å². The minimum Gasteiger partial charge on any atom is -0.320 e. The molecular formula is C15H16N2O2. The fraction of sp³-hybridized carbons (Fsp3) is 0.200. The van der Waals surface area contributed by atoms with Crippen molar-refractivity contribution in [1.82, 2.24) is 0 Å². The molecule has 2 aromatic carbocycles. The van der Waals surface area contributed by atoms with Gasteiger partial charge in [0.05, 0.1) is 11.0 Å². The number of rotatable bonds is 3. The predicted molar refractivity (Wildman–Crippen MR) is 75.0 cm³/mol. The van der Waals surface area contributed by atoms with Crippen LogP contribution in [-0.4, -0.2) is 4.92 Å². The van der Waals surface area contributed by atoms with E-state index in [9.17, 15) is 10.1 Å². The Morgan fingerprint density at radius 1 is 1.16 bits per heavy atom. The molecule has 0 saturated carbocycles.